The fraction of sp³-hybridized carbons (Fsp3) is 1.00. The van der Waals surface area contributed by atoms with E-state index >= 15 is 0 Å². The van der Waals surface area contributed by atoms with Crippen LogP contribution in [0.2, 0.25) is 0 Å². The van der Waals surface area contributed by atoms with Crippen molar-refractivity contribution in [3.63, 3.8) is 0 Å². The van der Waals surface area contributed by atoms with Gasteiger partial charge in [0, 0.05) is 12.1 Å². The van der Waals surface area contributed by atoms with E-state index in [4.69, 9.17) is 0 Å². The van der Waals surface area contributed by atoms with Crippen LogP contribution in [0, 0.1) is 5.92 Å². The van der Waals surface area contributed by atoms with Crippen molar-refractivity contribution in [2.75, 3.05) is 19.6 Å². The van der Waals surface area contributed by atoms with E-state index in [9.17, 15) is 0 Å². The first kappa shape index (κ1) is 12.0. The molecule has 0 radical (unpaired) electrons. The number of hydrogen-bond donors (Lipinski definition) is 1. The summed E-state index contributed by atoms with van der Waals surface area (Å²) in [4.78, 5) is 2.81. The van der Waals surface area contributed by atoms with Crippen molar-refractivity contribution in [1.29, 1.82) is 0 Å². The highest BCUT2D eigenvalue weighted by Gasteiger charge is 2.30. The van der Waals surface area contributed by atoms with Gasteiger partial charge in [0.25, 0.3) is 0 Å². The Labute approximate surface area is 106 Å². The Hall–Kier alpha value is -0.0800. The van der Waals surface area contributed by atoms with Crippen molar-refractivity contribution in [1.82, 2.24) is 10.2 Å². The first-order chi connectivity index (χ1) is 8.43. The van der Waals surface area contributed by atoms with Crippen molar-refractivity contribution >= 4 is 0 Å². The van der Waals surface area contributed by atoms with E-state index < -0.39 is 0 Å². The van der Waals surface area contributed by atoms with Crippen LogP contribution in [-0.4, -0.2) is 36.6 Å². The molecule has 3 aliphatic rings. The quantitative estimate of drug-likeness (QED) is 0.793. The second-order valence-corrected chi connectivity index (χ2v) is 6.37. The zero-order valence-corrected chi connectivity index (χ0v) is 11.2. The van der Waals surface area contributed by atoms with Crippen molar-refractivity contribution in [3.05, 3.63) is 0 Å². The van der Waals surface area contributed by atoms with Gasteiger partial charge in [-0.1, -0.05) is 19.3 Å². The van der Waals surface area contributed by atoms with Gasteiger partial charge in [0.2, 0.25) is 0 Å². The molecule has 3 fully saturated rings. The molecule has 0 aromatic carbocycles. The van der Waals surface area contributed by atoms with Gasteiger partial charge in [-0.25, -0.2) is 0 Å². The lowest BCUT2D eigenvalue weighted by atomic mass is 9.86. The van der Waals surface area contributed by atoms with Gasteiger partial charge in [0.1, 0.15) is 0 Å². The van der Waals surface area contributed by atoms with Gasteiger partial charge in [-0.3, -0.25) is 0 Å². The summed E-state index contributed by atoms with van der Waals surface area (Å²) in [5.74, 6) is 0.984. The maximum Gasteiger partial charge on any atom is 0.00967 e. The molecule has 1 saturated carbocycles. The molecule has 0 amide bonds. The summed E-state index contributed by atoms with van der Waals surface area (Å²) in [5, 5.41) is 3.70. The molecule has 1 aliphatic carbocycles. The molecule has 2 saturated heterocycles. The number of likely N-dealkylation sites (tertiary alicyclic amines) is 1. The molecule has 98 valence electrons. The molecule has 0 aromatic rings. The van der Waals surface area contributed by atoms with Crippen molar-refractivity contribution < 1.29 is 0 Å². The first-order valence-electron chi connectivity index (χ1n) is 7.91. The van der Waals surface area contributed by atoms with Crippen LogP contribution in [0.25, 0.3) is 0 Å². The van der Waals surface area contributed by atoms with Crippen molar-refractivity contribution in [2.24, 2.45) is 5.92 Å². The predicted molar refractivity (Wildman–Crippen MR) is 72.2 cm³/mol. The minimum absolute atomic E-state index is 0.864. The molecule has 0 aromatic heterocycles. The van der Waals surface area contributed by atoms with E-state index in [-0.39, 0.29) is 0 Å². The Balaban J connectivity index is 1.46. The summed E-state index contributed by atoms with van der Waals surface area (Å²) in [6.45, 7) is 4.04. The topological polar surface area (TPSA) is 15.3 Å². The smallest absolute Gasteiger partial charge is 0.00967 e. The van der Waals surface area contributed by atoms with Gasteiger partial charge in [0.05, 0.1) is 0 Å². The summed E-state index contributed by atoms with van der Waals surface area (Å²) in [6.07, 6.45) is 13.2. The van der Waals surface area contributed by atoms with Gasteiger partial charge in [0.15, 0.2) is 0 Å². The van der Waals surface area contributed by atoms with E-state index in [1.54, 1.807) is 0 Å². The molecule has 1 atom stereocenters. The van der Waals surface area contributed by atoms with Gasteiger partial charge < -0.3 is 10.2 Å². The fourth-order valence-corrected chi connectivity index (χ4v) is 4.25. The minimum Gasteiger partial charge on any atom is -0.314 e. The molecule has 2 nitrogen and oxygen atoms in total. The second kappa shape index (κ2) is 5.71. The van der Waals surface area contributed by atoms with Crippen LogP contribution in [0.1, 0.15) is 57.8 Å². The molecule has 1 N–H and O–H groups in total. The third kappa shape index (κ3) is 2.85. The zero-order valence-electron chi connectivity index (χ0n) is 11.2. The maximum absolute atomic E-state index is 3.70. The Morgan fingerprint density at radius 2 is 1.53 bits per heavy atom. The second-order valence-electron chi connectivity index (χ2n) is 6.37. The van der Waals surface area contributed by atoms with Crippen LogP contribution in [0.15, 0.2) is 0 Å². The number of piperidine rings is 1. The lowest BCUT2D eigenvalue weighted by Crippen LogP contribution is -2.45. The molecule has 2 heterocycles. The van der Waals surface area contributed by atoms with Crippen molar-refractivity contribution in [2.45, 2.75) is 69.9 Å². The monoisotopic (exact) mass is 236 g/mol. The largest absolute Gasteiger partial charge is 0.314 e. The predicted octanol–water partition coefficient (Wildman–Crippen LogP) is 2.78. The Morgan fingerprint density at radius 1 is 0.765 bits per heavy atom. The average Bonchev–Trinajstić information content (AvgIpc) is 2.94. The molecule has 1 unspecified atom stereocenters. The van der Waals surface area contributed by atoms with Gasteiger partial charge in [-0.2, -0.15) is 0 Å². The molecule has 0 bridgehead atoms. The molecule has 17 heavy (non-hydrogen) atoms. The fourth-order valence-electron chi connectivity index (χ4n) is 4.25. The third-order valence-corrected chi connectivity index (χ3v) is 5.33. The maximum atomic E-state index is 3.70. The van der Waals surface area contributed by atoms with Gasteiger partial charge >= 0.3 is 0 Å². The van der Waals surface area contributed by atoms with E-state index in [0.29, 0.717) is 0 Å². The summed E-state index contributed by atoms with van der Waals surface area (Å²) in [5.41, 5.74) is 0. The average molecular weight is 236 g/mol. The third-order valence-electron chi connectivity index (χ3n) is 5.33. The molecule has 2 heteroatoms. The minimum atomic E-state index is 0.864. The standard InChI is InChI=1S/C15H28N2/c1-2-5-14(6-3-1)17-11-8-13(9-12-17)15-7-4-10-16-15/h13-16H,1-12H2. The lowest BCUT2D eigenvalue weighted by Gasteiger charge is -2.40. The molecular formula is C15H28N2. The van der Waals surface area contributed by atoms with E-state index in [1.807, 2.05) is 0 Å². The molecule has 0 spiro atoms. The SMILES string of the molecule is C1CCC(N2CCC(C3CCCN3)CC2)CC1. The van der Waals surface area contributed by atoms with Gasteiger partial charge in [-0.05, 0) is 64.1 Å². The Bertz CT molecular complexity index is 221. The zero-order chi connectivity index (χ0) is 11.5. The van der Waals surface area contributed by atoms with Gasteiger partial charge in [-0.15, -0.1) is 0 Å². The number of hydrogen-bond acceptors (Lipinski definition) is 2. The first-order valence-corrected chi connectivity index (χ1v) is 7.91. The van der Waals surface area contributed by atoms with Crippen LogP contribution in [0.4, 0.5) is 0 Å². The Kier molecular flexibility index (Phi) is 4.02. The highest BCUT2D eigenvalue weighted by molar-refractivity contribution is 4.87. The normalized spacial score (nSPS) is 34.2. The molecular weight excluding hydrogens is 208 g/mol. The Morgan fingerprint density at radius 3 is 2.18 bits per heavy atom. The molecule has 2 aliphatic heterocycles. The van der Waals surface area contributed by atoms with E-state index in [1.165, 1.54) is 77.4 Å². The van der Waals surface area contributed by atoms with Crippen LogP contribution >= 0.6 is 0 Å². The summed E-state index contributed by atoms with van der Waals surface area (Å²) in [7, 11) is 0. The summed E-state index contributed by atoms with van der Waals surface area (Å²) in [6, 6.07) is 1.81. The number of rotatable bonds is 2. The molecule has 3 rings (SSSR count). The van der Waals surface area contributed by atoms with Crippen LogP contribution in [-0.2, 0) is 0 Å². The van der Waals surface area contributed by atoms with Crippen LogP contribution < -0.4 is 5.32 Å². The highest BCUT2D eigenvalue weighted by Crippen LogP contribution is 2.30. The summed E-state index contributed by atoms with van der Waals surface area (Å²) >= 11 is 0. The van der Waals surface area contributed by atoms with E-state index in [0.717, 1.165) is 18.0 Å². The number of nitrogens with zero attached hydrogens (tertiary/aromatic N) is 1. The number of nitrogens with one attached hydrogen (secondary N) is 1. The van der Waals surface area contributed by atoms with Crippen LogP contribution in [0.3, 0.4) is 0 Å². The highest BCUT2D eigenvalue weighted by atomic mass is 15.2. The van der Waals surface area contributed by atoms with Crippen LogP contribution in [0.5, 0.6) is 0 Å². The van der Waals surface area contributed by atoms with E-state index in [2.05, 4.69) is 10.2 Å². The van der Waals surface area contributed by atoms with Crippen molar-refractivity contribution in [3.8, 4) is 0 Å². The lowest BCUT2D eigenvalue weighted by molar-refractivity contribution is 0.0969. The summed E-state index contributed by atoms with van der Waals surface area (Å²) < 4.78 is 0.